The molecule has 2 aromatic rings. The zero-order chi connectivity index (χ0) is 15.4. The van der Waals surface area contributed by atoms with Crippen LogP contribution in [0.3, 0.4) is 0 Å². The minimum absolute atomic E-state index is 0. The van der Waals surface area contributed by atoms with Gasteiger partial charge in [0.2, 0.25) is 0 Å². The molecule has 0 N–H and O–H groups in total. The first kappa shape index (κ1) is 19.0. The zero-order valence-corrected chi connectivity index (χ0v) is 16.1. The number of aromatic nitrogens is 1. The Morgan fingerprint density at radius 2 is 2.18 bits per heavy atom. The molecule has 0 aliphatic carbocycles. The molecule has 1 aromatic carbocycles. The Morgan fingerprint density at radius 1 is 1.45 bits per heavy atom. The molecule has 0 bridgehead atoms. The number of hydrogen-bond donors (Lipinski definition) is 0. The molecule has 1 heterocycles. The quantitative estimate of drug-likeness (QED) is 0.593. The van der Waals surface area contributed by atoms with Crippen LogP contribution in [0.1, 0.15) is 12.5 Å². The van der Waals surface area contributed by atoms with Gasteiger partial charge in [-0.25, -0.2) is 0 Å². The van der Waals surface area contributed by atoms with Crippen LogP contribution in [0.25, 0.3) is 11.3 Å². The van der Waals surface area contributed by atoms with E-state index in [0.29, 0.717) is 28.6 Å². The van der Waals surface area contributed by atoms with Gasteiger partial charge in [-0.15, -0.1) is 12.5 Å². The van der Waals surface area contributed by atoms with Gasteiger partial charge in [-0.05, 0) is 24.1 Å². The van der Waals surface area contributed by atoms with Gasteiger partial charge in [0, 0.05) is 39.3 Å². The van der Waals surface area contributed by atoms with E-state index in [-0.39, 0.29) is 44.9 Å². The summed E-state index contributed by atoms with van der Waals surface area (Å²) in [4.78, 5) is 12.2. The first-order valence-corrected chi connectivity index (χ1v) is 6.94. The molecule has 0 fully saturated rings. The van der Waals surface area contributed by atoms with E-state index in [1.807, 2.05) is 6.92 Å². The van der Waals surface area contributed by atoms with E-state index >= 15 is 0 Å². The second-order valence-corrected chi connectivity index (χ2v) is 4.91. The Balaban J connectivity index is 0.00000242. The molecule has 5 heteroatoms. The molecule has 0 saturated carbocycles. The predicted octanol–water partition coefficient (Wildman–Crippen LogP) is 3.31. The molecule has 0 aliphatic heterocycles. The maximum absolute atomic E-state index is 12.2. The van der Waals surface area contributed by atoms with Gasteiger partial charge in [-0.3, -0.25) is 4.79 Å². The normalized spacial score (nSPS) is 9.73. The van der Waals surface area contributed by atoms with Crippen LogP contribution in [0.5, 0.6) is 5.75 Å². The van der Waals surface area contributed by atoms with E-state index in [4.69, 9.17) is 22.8 Å². The zero-order valence-electron chi connectivity index (χ0n) is 12.5. The number of aryl methyl sites for hydroxylation is 1. The van der Waals surface area contributed by atoms with Gasteiger partial charge in [0.25, 0.3) is 0 Å². The fraction of sp³-hybridized carbons (Fsp3) is 0.235. The average molecular weight is 390 g/mol. The number of nitrogens with zero attached hydrogens (tertiary/aromatic N) is 1. The topological polar surface area (TPSA) is 31.2 Å². The van der Waals surface area contributed by atoms with Crippen LogP contribution in [0, 0.1) is 25.3 Å². The molecule has 0 unspecified atom stereocenters. The Morgan fingerprint density at radius 3 is 2.77 bits per heavy atom. The molecule has 0 spiro atoms. The summed E-state index contributed by atoms with van der Waals surface area (Å²) in [5.41, 5.74) is 2.03. The molecule has 0 atom stereocenters. The van der Waals surface area contributed by atoms with Gasteiger partial charge in [0.05, 0.1) is 0 Å². The maximum Gasteiger partial charge on any atom is 0.197 e. The Labute approximate surface area is 160 Å². The van der Waals surface area contributed by atoms with Crippen molar-refractivity contribution in [3.8, 4) is 29.4 Å². The van der Waals surface area contributed by atoms with Crippen LogP contribution < -0.4 is 10.3 Å². The fourth-order valence-electron chi connectivity index (χ4n) is 2.06. The molecule has 22 heavy (non-hydrogen) atoms. The number of halogens is 1. The minimum Gasteiger partial charge on any atom is -0.481 e. The summed E-state index contributed by atoms with van der Waals surface area (Å²) < 4.78 is 6.98. The van der Waals surface area contributed by atoms with Crippen LogP contribution in [0.2, 0.25) is 5.02 Å². The number of ether oxygens (including phenoxy) is 1. The van der Waals surface area contributed by atoms with Crippen molar-refractivity contribution < 1.29 is 37.4 Å². The number of pyridine rings is 1. The first-order chi connectivity index (χ1) is 10.1. The van der Waals surface area contributed by atoms with Gasteiger partial charge in [-0.1, -0.05) is 41.3 Å². The van der Waals surface area contributed by atoms with Crippen LogP contribution >= 0.6 is 11.6 Å². The second-order valence-electron chi connectivity index (χ2n) is 4.50. The fourth-order valence-corrected chi connectivity index (χ4v) is 2.32. The summed E-state index contributed by atoms with van der Waals surface area (Å²) in [6, 6.07) is 10.1. The molecule has 1 aromatic heterocycles. The van der Waals surface area contributed by atoms with Gasteiger partial charge in [0.1, 0.15) is 12.4 Å². The molecule has 111 valence electrons. The minimum atomic E-state index is -0.0324. The number of rotatable bonds is 4. The Hall–Kier alpha value is -1.08. The number of benzene rings is 1. The third-order valence-electron chi connectivity index (χ3n) is 3.11. The van der Waals surface area contributed by atoms with Crippen LogP contribution in [-0.2, 0) is 39.3 Å². The SMILES string of the molecule is C#CCOc1ccc(-c2[c-]cc(C)c(=O)n2CC)c(Cl)c1.[Y]. The van der Waals surface area contributed by atoms with Crippen molar-refractivity contribution in [1.82, 2.24) is 4.57 Å². The van der Waals surface area contributed by atoms with E-state index < -0.39 is 0 Å². The van der Waals surface area contributed by atoms with E-state index in [2.05, 4.69) is 12.0 Å². The summed E-state index contributed by atoms with van der Waals surface area (Å²) >= 11 is 6.30. The second kappa shape index (κ2) is 8.53. The van der Waals surface area contributed by atoms with E-state index in [1.54, 1.807) is 35.8 Å². The smallest absolute Gasteiger partial charge is 0.197 e. The Kier molecular flexibility index (Phi) is 7.35. The van der Waals surface area contributed by atoms with Crippen molar-refractivity contribution in [3.05, 3.63) is 51.3 Å². The summed E-state index contributed by atoms with van der Waals surface area (Å²) in [6.07, 6.45) is 5.15. The molecule has 0 saturated heterocycles. The average Bonchev–Trinajstić information content (AvgIpc) is 2.48. The van der Waals surface area contributed by atoms with Gasteiger partial charge in [-0.2, -0.15) is 12.1 Å². The summed E-state index contributed by atoms with van der Waals surface area (Å²) in [7, 11) is 0. The van der Waals surface area contributed by atoms with Gasteiger partial charge < -0.3 is 9.30 Å². The van der Waals surface area contributed by atoms with Crippen molar-refractivity contribution in [2.75, 3.05) is 6.61 Å². The molecular weight excluding hydrogens is 375 g/mol. The predicted molar refractivity (Wildman–Crippen MR) is 84.7 cm³/mol. The molecule has 0 amide bonds. The summed E-state index contributed by atoms with van der Waals surface area (Å²) in [6.45, 7) is 4.42. The van der Waals surface area contributed by atoms with E-state index in [0.717, 1.165) is 5.56 Å². The van der Waals surface area contributed by atoms with E-state index in [9.17, 15) is 4.79 Å². The van der Waals surface area contributed by atoms with Crippen molar-refractivity contribution in [3.63, 3.8) is 0 Å². The van der Waals surface area contributed by atoms with Crippen molar-refractivity contribution in [1.29, 1.82) is 0 Å². The largest absolute Gasteiger partial charge is 0.481 e. The standard InChI is InChI=1S/C17H15ClNO2.Y/c1-4-10-21-13-7-8-14(15(18)11-13)16-9-6-12(3)17(20)19(16)5-2;/h1,6-8,11H,5,10H2,2-3H3;/q-1;. The number of terminal acetylenes is 1. The van der Waals surface area contributed by atoms with E-state index in [1.165, 1.54) is 0 Å². The van der Waals surface area contributed by atoms with Crippen molar-refractivity contribution >= 4 is 11.6 Å². The van der Waals surface area contributed by atoms with Crippen LogP contribution in [0.4, 0.5) is 0 Å². The third kappa shape index (κ3) is 4.01. The van der Waals surface area contributed by atoms with Crippen molar-refractivity contribution in [2.24, 2.45) is 0 Å². The summed E-state index contributed by atoms with van der Waals surface area (Å²) in [5, 5.41) is 0.492. The van der Waals surface area contributed by atoms with Crippen LogP contribution in [-0.4, -0.2) is 11.2 Å². The third-order valence-corrected chi connectivity index (χ3v) is 3.42. The first-order valence-electron chi connectivity index (χ1n) is 6.56. The van der Waals surface area contributed by atoms with Crippen molar-refractivity contribution in [2.45, 2.75) is 20.4 Å². The molecular formula is C17H15ClNO2Y-. The van der Waals surface area contributed by atoms with Crippen LogP contribution in [0.15, 0.2) is 29.1 Å². The van der Waals surface area contributed by atoms with Gasteiger partial charge in [0.15, 0.2) is 5.56 Å². The molecule has 3 nitrogen and oxygen atoms in total. The Bertz CT molecular complexity index is 762. The molecule has 2 rings (SSSR count). The number of hydrogen-bond acceptors (Lipinski definition) is 2. The molecule has 1 radical (unpaired) electrons. The monoisotopic (exact) mass is 389 g/mol. The summed E-state index contributed by atoms with van der Waals surface area (Å²) in [5.74, 6) is 2.99. The van der Waals surface area contributed by atoms with Gasteiger partial charge >= 0.3 is 0 Å². The molecule has 0 aliphatic rings. The maximum atomic E-state index is 12.2.